The van der Waals surface area contributed by atoms with Crippen LogP contribution in [0, 0.1) is 12.7 Å². The predicted molar refractivity (Wildman–Crippen MR) is 65.4 cm³/mol. The van der Waals surface area contributed by atoms with E-state index in [2.05, 4.69) is 21.2 Å². The quantitative estimate of drug-likeness (QED) is 0.901. The third-order valence-corrected chi connectivity index (χ3v) is 3.68. The topological polar surface area (TPSA) is 21.3 Å². The molecule has 4 heteroatoms. The molecule has 2 rings (SSSR count). The van der Waals surface area contributed by atoms with Crippen molar-refractivity contribution in [3.8, 4) is 5.75 Å². The van der Waals surface area contributed by atoms with E-state index in [1.807, 2.05) is 0 Å². The van der Waals surface area contributed by atoms with Crippen LogP contribution in [0.1, 0.15) is 30.0 Å². The maximum absolute atomic E-state index is 13.7. The predicted octanol–water partition coefficient (Wildman–Crippen LogP) is 3.33. The van der Waals surface area contributed by atoms with Crippen LogP contribution in [0.5, 0.6) is 5.75 Å². The van der Waals surface area contributed by atoms with Gasteiger partial charge in [0.2, 0.25) is 0 Å². The Balaban J connectivity index is 2.54. The number of methoxy groups -OCH3 is 1. The second-order valence-electron chi connectivity index (χ2n) is 4.06. The molecule has 1 aromatic rings. The molecular formula is C12H15BrFNO. The van der Waals surface area contributed by atoms with Crippen molar-refractivity contribution in [2.24, 2.45) is 0 Å². The van der Waals surface area contributed by atoms with Crippen LogP contribution in [0.25, 0.3) is 0 Å². The minimum absolute atomic E-state index is 0.184. The van der Waals surface area contributed by atoms with Crippen molar-refractivity contribution in [3.63, 3.8) is 0 Å². The maximum atomic E-state index is 13.7. The Morgan fingerprint density at radius 3 is 2.88 bits per heavy atom. The lowest BCUT2D eigenvalue weighted by molar-refractivity contribution is 0.397. The van der Waals surface area contributed by atoms with Gasteiger partial charge >= 0.3 is 0 Å². The van der Waals surface area contributed by atoms with Crippen molar-refractivity contribution in [1.29, 1.82) is 0 Å². The number of ether oxygens (including phenoxy) is 1. The molecule has 1 atom stereocenters. The van der Waals surface area contributed by atoms with Crippen molar-refractivity contribution < 1.29 is 9.13 Å². The zero-order valence-electron chi connectivity index (χ0n) is 9.44. The summed E-state index contributed by atoms with van der Waals surface area (Å²) in [6, 6.07) is 1.68. The third kappa shape index (κ3) is 1.96. The molecule has 1 aliphatic rings. The van der Waals surface area contributed by atoms with Crippen molar-refractivity contribution in [2.45, 2.75) is 25.8 Å². The van der Waals surface area contributed by atoms with Gasteiger partial charge in [0.25, 0.3) is 0 Å². The second-order valence-corrected chi connectivity index (χ2v) is 4.92. The van der Waals surface area contributed by atoms with E-state index in [1.165, 1.54) is 6.07 Å². The van der Waals surface area contributed by atoms with Crippen molar-refractivity contribution in [2.75, 3.05) is 13.7 Å². The number of hydrogen-bond donors (Lipinski definition) is 1. The van der Waals surface area contributed by atoms with Crippen LogP contribution in [-0.4, -0.2) is 13.7 Å². The first kappa shape index (κ1) is 11.9. The summed E-state index contributed by atoms with van der Waals surface area (Å²) in [5, 5.41) is 3.38. The standard InChI is InChI=1S/C12H15BrFNO/c1-7-9(14)6-8(13)12(16-2)11(7)10-4-3-5-15-10/h6,10,15H,3-5H2,1-2H3. The van der Waals surface area contributed by atoms with Gasteiger partial charge in [-0.05, 0) is 53.9 Å². The van der Waals surface area contributed by atoms with Crippen LogP contribution in [-0.2, 0) is 0 Å². The minimum atomic E-state index is -0.184. The second kappa shape index (κ2) is 4.72. The van der Waals surface area contributed by atoms with Gasteiger partial charge in [0.05, 0.1) is 11.6 Å². The summed E-state index contributed by atoms with van der Waals surface area (Å²) in [5.41, 5.74) is 1.63. The van der Waals surface area contributed by atoms with E-state index >= 15 is 0 Å². The highest BCUT2D eigenvalue weighted by molar-refractivity contribution is 9.10. The first-order valence-corrected chi connectivity index (χ1v) is 6.20. The summed E-state index contributed by atoms with van der Waals surface area (Å²) < 4.78 is 19.7. The number of nitrogens with one attached hydrogen (secondary N) is 1. The van der Waals surface area contributed by atoms with Crippen LogP contribution in [0.3, 0.4) is 0 Å². The zero-order chi connectivity index (χ0) is 11.7. The molecule has 0 aliphatic carbocycles. The lowest BCUT2D eigenvalue weighted by Gasteiger charge is -2.19. The minimum Gasteiger partial charge on any atom is -0.495 e. The molecule has 16 heavy (non-hydrogen) atoms. The largest absolute Gasteiger partial charge is 0.495 e. The molecule has 0 bridgehead atoms. The van der Waals surface area contributed by atoms with E-state index in [4.69, 9.17) is 4.74 Å². The zero-order valence-corrected chi connectivity index (χ0v) is 11.0. The monoisotopic (exact) mass is 287 g/mol. The van der Waals surface area contributed by atoms with Gasteiger partial charge < -0.3 is 10.1 Å². The fourth-order valence-corrected chi connectivity index (χ4v) is 2.85. The summed E-state index contributed by atoms with van der Waals surface area (Å²) >= 11 is 3.35. The molecule has 2 nitrogen and oxygen atoms in total. The number of benzene rings is 1. The molecule has 0 saturated carbocycles. The molecule has 1 N–H and O–H groups in total. The highest BCUT2D eigenvalue weighted by atomic mass is 79.9. The molecule has 0 aromatic heterocycles. The first-order valence-electron chi connectivity index (χ1n) is 5.41. The smallest absolute Gasteiger partial charge is 0.138 e. The summed E-state index contributed by atoms with van der Waals surface area (Å²) in [5.74, 6) is 0.565. The van der Waals surface area contributed by atoms with Gasteiger partial charge in [-0.1, -0.05) is 0 Å². The van der Waals surface area contributed by atoms with Crippen molar-refractivity contribution >= 4 is 15.9 Å². The molecule has 0 spiro atoms. The van der Waals surface area contributed by atoms with Crippen LogP contribution < -0.4 is 10.1 Å². The summed E-state index contributed by atoms with van der Waals surface area (Å²) in [6.07, 6.45) is 2.16. The summed E-state index contributed by atoms with van der Waals surface area (Å²) in [4.78, 5) is 0. The molecule has 1 heterocycles. The molecule has 1 unspecified atom stereocenters. The number of hydrogen-bond acceptors (Lipinski definition) is 2. The lowest BCUT2D eigenvalue weighted by Crippen LogP contribution is -2.16. The van der Waals surface area contributed by atoms with E-state index in [0.717, 1.165) is 30.7 Å². The third-order valence-electron chi connectivity index (χ3n) is 3.09. The van der Waals surface area contributed by atoms with Gasteiger partial charge in [-0.15, -0.1) is 0 Å². The van der Waals surface area contributed by atoms with Gasteiger partial charge in [0.15, 0.2) is 0 Å². The van der Waals surface area contributed by atoms with E-state index in [1.54, 1.807) is 14.0 Å². The highest BCUT2D eigenvalue weighted by Gasteiger charge is 2.25. The Morgan fingerprint density at radius 1 is 1.56 bits per heavy atom. The normalized spacial score (nSPS) is 20.1. The molecule has 1 saturated heterocycles. The fourth-order valence-electron chi connectivity index (χ4n) is 2.27. The van der Waals surface area contributed by atoms with Gasteiger partial charge in [-0.2, -0.15) is 0 Å². The Bertz CT molecular complexity index is 402. The Hall–Kier alpha value is -0.610. The van der Waals surface area contributed by atoms with Gasteiger partial charge in [-0.25, -0.2) is 4.39 Å². The van der Waals surface area contributed by atoms with E-state index in [-0.39, 0.29) is 11.9 Å². The number of halogens is 2. The molecule has 88 valence electrons. The van der Waals surface area contributed by atoms with E-state index < -0.39 is 0 Å². The van der Waals surface area contributed by atoms with Gasteiger partial charge in [-0.3, -0.25) is 0 Å². The van der Waals surface area contributed by atoms with Gasteiger partial charge in [0.1, 0.15) is 11.6 Å². The van der Waals surface area contributed by atoms with Crippen LogP contribution in [0.2, 0.25) is 0 Å². The lowest BCUT2D eigenvalue weighted by atomic mass is 9.98. The van der Waals surface area contributed by atoms with Crippen molar-refractivity contribution in [3.05, 3.63) is 27.5 Å². The molecule has 0 amide bonds. The van der Waals surface area contributed by atoms with Crippen LogP contribution in [0.4, 0.5) is 4.39 Å². The Labute approximate surface area is 103 Å². The average Bonchev–Trinajstić information content (AvgIpc) is 2.76. The van der Waals surface area contributed by atoms with E-state index in [9.17, 15) is 4.39 Å². The molecule has 0 radical (unpaired) electrons. The summed E-state index contributed by atoms with van der Waals surface area (Å²) in [6.45, 7) is 2.79. The molecule has 1 fully saturated rings. The Kier molecular flexibility index (Phi) is 3.50. The van der Waals surface area contributed by atoms with Gasteiger partial charge in [0, 0.05) is 11.6 Å². The molecule has 1 aliphatic heterocycles. The Morgan fingerprint density at radius 2 is 2.31 bits per heavy atom. The maximum Gasteiger partial charge on any atom is 0.138 e. The van der Waals surface area contributed by atoms with Crippen LogP contribution in [0.15, 0.2) is 10.5 Å². The fraction of sp³-hybridized carbons (Fsp3) is 0.500. The first-order chi connectivity index (χ1) is 7.65. The van der Waals surface area contributed by atoms with E-state index in [0.29, 0.717) is 10.0 Å². The average molecular weight is 288 g/mol. The van der Waals surface area contributed by atoms with Crippen LogP contribution >= 0.6 is 15.9 Å². The number of rotatable bonds is 2. The molecular weight excluding hydrogens is 273 g/mol. The SMILES string of the molecule is COc1c(Br)cc(F)c(C)c1C1CCCN1. The highest BCUT2D eigenvalue weighted by Crippen LogP contribution is 2.39. The summed E-state index contributed by atoms with van der Waals surface area (Å²) in [7, 11) is 1.62. The molecule has 1 aromatic carbocycles. The van der Waals surface area contributed by atoms with Crippen molar-refractivity contribution in [1.82, 2.24) is 5.32 Å².